The summed E-state index contributed by atoms with van der Waals surface area (Å²) in [6.45, 7) is 3.63. The van der Waals surface area contributed by atoms with Crippen molar-refractivity contribution in [2.45, 2.75) is 76.5 Å². The molecule has 210 valence electrons. The van der Waals surface area contributed by atoms with Gasteiger partial charge in [0.1, 0.15) is 18.1 Å². The number of hydrogen-bond acceptors (Lipinski definition) is 8. The topological polar surface area (TPSA) is 295 Å². The smallest absolute Gasteiger partial charge is 0.326 e. The fourth-order valence-corrected chi connectivity index (χ4v) is 3.04. The third-order valence-electron chi connectivity index (χ3n) is 5.44. The van der Waals surface area contributed by atoms with E-state index in [0.717, 1.165) is 0 Å². The van der Waals surface area contributed by atoms with Crippen molar-refractivity contribution < 1.29 is 39.0 Å². The largest absolute Gasteiger partial charge is 0.481 e. The van der Waals surface area contributed by atoms with E-state index in [1.54, 1.807) is 6.92 Å². The Kier molecular flexibility index (Phi) is 14.9. The van der Waals surface area contributed by atoms with Gasteiger partial charge in [0.25, 0.3) is 0 Å². The molecule has 4 amide bonds. The van der Waals surface area contributed by atoms with Gasteiger partial charge in [0.05, 0.1) is 12.5 Å². The highest BCUT2D eigenvalue weighted by Gasteiger charge is 2.31. The standard InChI is InChI=1S/C21H38N8O8/c1-3-10(2)16(23)19(35)28-12(6-7-15(31)32)18(34)27-11(5-4-8-26-21(24)25)17(33)29-13(20(36)37)9-14(22)30/h10-13,16H,3-9,23H2,1-2H3,(H2,22,30)(H,27,34)(H,28,35)(H,29,33)(H,31,32)(H,36,37)(H4,24,25,26). The lowest BCUT2D eigenvalue weighted by atomic mass is 9.98. The minimum absolute atomic E-state index is 0.0662. The zero-order valence-corrected chi connectivity index (χ0v) is 20.9. The summed E-state index contributed by atoms with van der Waals surface area (Å²) >= 11 is 0. The Labute approximate surface area is 214 Å². The quantitative estimate of drug-likeness (QED) is 0.0480. The van der Waals surface area contributed by atoms with Gasteiger partial charge in [-0.15, -0.1) is 0 Å². The maximum atomic E-state index is 13.0. The van der Waals surface area contributed by atoms with E-state index in [1.807, 2.05) is 6.92 Å². The van der Waals surface area contributed by atoms with E-state index in [0.29, 0.717) is 6.42 Å². The normalized spacial score (nSPS) is 14.7. The number of aliphatic imine (C=N–C) groups is 1. The van der Waals surface area contributed by atoms with Crippen molar-refractivity contribution >= 4 is 41.5 Å². The number of aliphatic carboxylic acids is 2. The first kappa shape index (κ1) is 33.0. The molecule has 0 aliphatic carbocycles. The molecule has 37 heavy (non-hydrogen) atoms. The van der Waals surface area contributed by atoms with Crippen LogP contribution in [-0.2, 0) is 28.8 Å². The maximum absolute atomic E-state index is 13.0. The third kappa shape index (κ3) is 13.6. The molecular weight excluding hydrogens is 492 g/mol. The van der Waals surface area contributed by atoms with Crippen LogP contribution in [0.3, 0.4) is 0 Å². The van der Waals surface area contributed by atoms with Crippen molar-refractivity contribution in [1.82, 2.24) is 16.0 Å². The molecule has 0 aliphatic heterocycles. The van der Waals surface area contributed by atoms with Gasteiger partial charge < -0.3 is 49.1 Å². The van der Waals surface area contributed by atoms with Crippen LogP contribution in [0, 0.1) is 5.92 Å². The first-order chi connectivity index (χ1) is 17.2. The van der Waals surface area contributed by atoms with Crippen LogP contribution in [-0.4, -0.2) is 82.5 Å². The molecule has 16 nitrogen and oxygen atoms in total. The van der Waals surface area contributed by atoms with Gasteiger partial charge in [-0.25, -0.2) is 4.79 Å². The summed E-state index contributed by atoms with van der Waals surface area (Å²) in [6, 6.07) is -5.32. The Morgan fingerprint density at radius 3 is 1.81 bits per heavy atom. The highest BCUT2D eigenvalue weighted by atomic mass is 16.4. The fraction of sp³-hybridized carbons (Fsp3) is 0.667. The highest BCUT2D eigenvalue weighted by molar-refractivity contribution is 5.95. The van der Waals surface area contributed by atoms with E-state index < -0.39 is 72.6 Å². The number of nitrogens with zero attached hydrogens (tertiary/aromatic N) is 1. The second kappa shape index (κ2) is 16.7. The summed E-state index contributed by atoms with van der Waals surface area (Å²) in [6.07, 6.45) is -0.785. The van der Waals surface area contributed by atoms with E-state index in [4.69, 9.17) is 28.0 Å². The van der Waals surface area contributed by atoms with Crippen LogP contribution in [0.2, 0.25) is 0 Å². The Balaban J connectivity index is 5.76. The molecule has 0 aromatic carbocycles. The number of carboxylic acids is 2. The van der Waals surface area contributed by atoms with Gasteiger partial charge in [-0.1, -0.05) is 20.3 Å². The average Bonchev–Trinajstić information content (AvgIpc) is 2.80. The number of carbonyl (C=O) groups excluding carboxylic acids is 4. The minimum Gasteiger partial charge on any atom is -0.481 e. The first-order valence-electron chi connectivity index (χ1n) is 11.6. The van der Waals surface area contributed by atoms with Crippen LogP contribution in [0.25, 0.3) is 0 Å². The van der Waals surface area contributed by atoms with E-state index in [2.05, 4.69) is 20.9 Å². The predicted octanol–water partition coefficient (Wildman–Crippen LogP) is -3.31. The molecular formula is C21H38N8O8. The van der Waals surface area contributed by atoms with Crippen molar-refractivity contribution in [1.29, 1.82) is 0 Å². The molecule has 0 saturated heterocycles. The molecule has 16 heteroatoms. The van der Waals surface area contributed by atoms with E-state index in [9.17, 15) is 33.9 Å². The van der Waals surface area contributed by atoms with Gasteiger partial charge in [0.2, 0.25) is 23.6 Å². The minimum atomic E-state index is -1.65. The Morgan fingerprint density at radius 1 is 0.838 bits per heavy atom. The maximum Gasteiger partial charge on any atom is 0.326 e. The lowest BCUT2D eigenvalue weighted by Gasteiger charge is -2.26. The molecule has 0 aromatic rings. The van der Waals surface area contributed by atoms with Gasteiger partial charge in [-0.2, -0.15) is 0 Å². The molecule has 0 radical (unpaired) electrons. The first-order valence-corrected chi connectivity index (χ1v) is 11.6. The van der Waals surface area contributed by atoms with Crippen LogP contribution in [0.5, 0.6) is 0 Å². The van der Waals surface area contributed by atoms with Gasteiger partial charge in [0.15, 0.2) is 5.96 Å². The Morgan fingerprint density at radius 2 is 1.35 bits per heavy atom. The summed E-state index contributed by atoms with van der Waals surface area (Å²) in [4.78, 5) is 75.8. The molecule has 0 fully saturated rings. The van der Waals surface area contributed by atoms with Crippen molar-refractivity contribution in [3.8, 4) is 0 Å². The zero-order valence-electron chi connectivity index (χ0n) is 20.9. The summed E-state index contributed by atoms with van der Waals surface area (Å²) < 4.78 is 0. The van der Waals surface area contributed by atoms with E-state index in [-0.39, 0.29) is 37.7 Å². The molecule has 0 saturated carbocycles. The Hall–Kier alpha value is -3.95. The molecule has 0 spiro atoms. The SMILES string of the molecule is CCC(C)C(N)C(=O)NC(CCC(=O)O)C(=O)NC(CCCN=C(N)N)C(=O)NC(CC(N)=O)C(=O)O. The molecule has 0 rings (SSSR count). The van der Waals surface area contributed by atoms with Gasteiger partial charge >= 0.3 is 11.9 Å². The second-order valence-electron chi connectivity index (χ2n) is 8.48. The van der Waals surface area contributed by atoms with Gasteiger partial charge in [-0.3, -0.25) is 29.0 Å². The van der Waals surface area contributed by atoms with E-state index >= 15 is 0 Å². The molecule has 0 bridgehead atoms. The number of nitrogens with two attached hydrogens (primary N) is 4. The van der Waals surface area contributed by atoms with Crippen molar-refractivity contribution in [2.24, 2.45) is 33.8 Å². The lowest BCUT2D eigenvalue weighted by Crippen LogP contribution is -2.57. The summed E-state index contributed by atoms with van der Waals surface area (Å²) in [5.41, 5.74) is 21.5. The Bertz CT molecular complexity index is 861. The van der Waals surface area contributed by atoms with Crippen LogP contribution < -0.4 is 38.9 Å². The average molecular weight is 531 g/mol. The molecule has 0 aromatic heterocycles. The number of guanidine groups is 1. The molecule has 5 atom stereocenters. The van der Waals surface area contributed by atoms with Crippen LogP contribution in [0.15, 0.2) is 4.99 Å². The number of carbonyl (C=O) groups is 6. The predicted molar refractivity (Wildman–Crippen MR) is 131 cm³/mol. The van der Waals surface area contributed by atoms with Crippen LogP contribution in [0.1, 0.15) is 52.4 Å². The highest BCUT2D eigenvalue weighted by Crippen LogP contribution is 2.08. The number of primary amides is 1. The van der Waals surface area contributed by atoms with Crippen LogP contribution in [0.4, 0.5) is 0 Å². The summed E-state index contributed by atoms with van der Waals surface area (Å²) in [7, 11) is 0. The second-order valence-corrected chi connectivity index (χ2v) is 8.48. The number of nitrogens with one attached hydrogen (secondary N) is 3. The van der Waals surface area contributed by atoms with Gasteiger partial charge in [-0.05, 0) is 25.2 Å². The summed E-state index contributed by atoms with van der Waals surface area (Å²) in [5, 5.41) is 25.2. The number of carboxylic acid groups (broad SMARTS) is 2. The van der Waals surface area contributed by atoms with Gasteiger partial charge in [0, 0.05) is 13.0 Å². The van der Waals surface area contributed by atoms with Crippen molar-refractivity contribution in [3.05, 3.63) is 0 Å². The third-order valence-corrected chi connectivity index (χ3v) is 5.44. The molecule has 0 heterocycles. The number of rotatable bonds is 18. The van der Waals surface area contributed by atoms with E-state index in [1.165, 1.54) is 0 Å². The number of amides is 4. The number of hydrogen-bond donors (Lipinski definition) is 9. The van der Waals surface area contributed by atoms with Crippen molar-refractivity contribution in [2.75, 3.05) is 6.54 Å². The molecule has 5 unspecified atom stereocenters. The zero-order chi connectivity index (χ0) is 28.7. The van der Waals surface area contributed by atoms with Crippen LogP contribution >= 0.6 is 0 Å². The summed E-state index contributed by atoms with van der Waals surface area (Å²) in [5.74, 6) is -6.68. The lowest BCUT2D eigenvalue weighted by molar-refractivity contribution is -0.143. The monoisotopic (exact) mass is 530 g/mol. The molecule has 13 N–H and O–H groups in total. The fourth-order valence-electron chi connectivity index (χ4n) is 3.04. The van der Waals surface area contributed by atoms with Crippen molar-refractivity contribution in [3.63, 3.8) is 0 Å². The molecule has 0 aliphatic rings.